The minimum Gasteiger partial charge on any atom is -0.460 e. The van der Waals surface area contributed by atoms with E-state index >= 15 is 0 Å². The first-order valence-corrected chi connectivity index (χ1v) is 8.19. The minimum absolute atomic E-state index is 0.420. The monoisotopic (exact) mass is 380 g/mol. The molecule has 0 atom stereocenters. The SMILES string of the molecule is Cc1cc2c(o1)c(C#N)cc1nc(N)n(Cc3ccc(Br)cc3)c12. The Labute approximate surface area is 146 Å². The average molecular weight is 381 g/mol. The Morgan fingerprint density at radius 1 is 1.29 bits per heavy atom. The van der Waals surface area contributed by atoms with E-state index in [9.17, 15) is 5.26 Å². The quantitative estimate of drug-likeness (QED) is 0.560. The molecule has 0 aliphatic heterocycles. The molecular formula is C18H13BrN4O. The number of anilines is 1. The van der Waals surface area contributed by atoms with Gasteiger partial charge in [0.1, 0.15) is 11.8 Å². The van der Waals surface area contributed by atoms with E-state index in [1.54, 1.807) is 6.07 Å². The predicted octanol–water partition coefficient (Wildman–Crippen LogP) is 4.36. The molecule has 0 amide bonds. The van der Waals surface area contributed by atoms with Gasteiger partial charge in [0.15, 0.2) is 5.58 Å². The highest BCUT2D eigenvalue weighted by molar-refractivity contribution is 9.10. The molecule has 118 valence electrons. The number of rotatable bonds is 2. The smallest absolute Gasteiger partial charge is 0.201 e. The number of aromatic nitrogens is 2. The molecular weight excluding hydrogens is 368 g/mol. The van der Waals surface area contributed by atoms with Gasteiger partial charge < -0.3 is 14.7 Å². The van der Waals surface area contributed by atoms with Crippen LogP contribution >= 0.6 is 15.9 Å². The summed E-state index contributed by atoms with van der Waals surface area (Å²) >= 11 is 3.44. The van der Waals surface area contributed by atoms with Crippen molar-refractivity contribution >= 4 is 43.9 Å². The molecule has 0 spiro atoms. The fourth-order valence-corrected chi connectivity index (χ4v) is 3.25. The van der Waals surface area contributed by atoms with Gasteiger partial charge in [-0.1, -0.05) is 28.1 Å². The van der Waals surface area contributed by atoms with Crippen LogP contribution in [-0.4, -0.2) is 9.55 Å². The normalized spacial score (nSPS) is 11.2. The summed E-state index contributed by atoms with van der Waals surface area (Å²) in [5.74, 6) is 1.17. The molecule has 0 fully saturated rings. The summed E-state index contributed by atoms with van der Waals surface area (Å²) < 4.78 is 8.70. The summed E-state index contributed by atoms with van der Waals surface area (Å²) in [6, 6.07) is 13.9. The summed E-state index contributed by atoms with van der Waals surface area (Å²) in [4.78, 5) is 4.43. The molecule has 0 aliphatic rings. The molecule has 2 aromatic heterocycles. The van der Waals surface area contributed by atoms with Gasteiger partial charge in [-0.05, 0) is 36.8 Å². The van der Waals surface area contributed by atoms with Crippen LogP contribution in [0.2, 0.25) is 0 Å². The molecule has 0 aliphatic carbocycles. The number of imidazole rings is 1. The highest BCUT2D eigenvalue weighted by Crippen LogP contribution is 2.32. The van der Waals surface area contributed by atoms with Crippen LogP contribution in [0.3, 0.4) is 0 Å². The van der Waals surface area contributed by atoms with E-state index in [2.05, 4.69) is 27.0 Å². The van der Waals surface area contributed by atoms with Crippen LogP contribution in [0.4, 0.5) is 5.95 Å². The number of halogens is 1. The second kappa shape index (κ2) is 5.39. The molecule has 5 nitrogen and oxygen atoms in total. The maximum atomic E-state index is 9.36. The highest BCUT2D eigenvalue weighted by Gasteiger charge is 2.18. The van der Waals surface area contributed by atoms with Gasteiger partial charge >= 0.3 is 0 Å². The number of furan rings is 1. The zero-order valence-corrected chi connectivity index (χ0v) is 14.5. The van der Waals surface area contributed by atoms with Crippen molar-refractivity contribution < 1.29 is 4.42 Å². The zero-order chi connectivity index (χ0) is 16.8. The van der Waals surface area contributed by atoms with E-state index in [-0.39, 0.29) is 0 Å². The van der Waals surface area contributed by atoms with Crippen molar-refractivity contribution in [3.63, 3.8) is 0 Å². The van der Waals surface area contributed by atoms with Gasteiger partial charge in [-0.25, -0.2) is 4.98 Å². The Morgan fingerprint density at radius 2 is 2.04 bits per heavy atom. The number of aryl methyl sites for hydroxylation is 1. The van der Waals surface area contributed by atoms with Gasteiger partial charge in [-0.15, -0.1) is 0 Å². The van der Waals surface area contributed by atoms with Crippen molar-refractivity contribution in [1.82, 2.24) is 9.55 Å². The summed E-state index contributed by atoms with van der Waals surface area (Å²) in [6.07, 6.45) is 0. The van der Waals surface area contributed by atoms with Crippen molar-refractivity contribution in [2.45, 2.75) is 13.5 Å². The van der Waals surface area contributed by atoms with Crippen LogP contribution in [-0.2, 0) is 6.54 Å². The third kappa shape index (κ3) is 2.25. The van der Waals surface area contributed by atoms with Gasteiger partial charge in [0.05, 0.1) is 23.1 Å². The van der Waals surface area contributed by atoms with E-state index in [0.29, 0.717) is 29.2 Å². The number of nitriles is 1. The predicted molar refractivity (Wildman–Crippen MR) is 96.6 cm³/mol. The number of nitrogen functional groups attached to an aromatic ring is 1. The summed E-state index contributed by atoms with van der Waals surface area (Å²) in [7, 11) is 0. The van der Waals surface area contributed by atoms with Crippen LogP contribution in [0.15, 0.2) is 45.3 Å². The molecule has 0 saturated heterocycles. The number of nitrogens with two attached hydrogens (primary N) is 1. The molecule has 6 heteroatoms. The minimum atomic E-state index is 0.420. The van der Waals surface area contributed by atoms with E-state index in [1.807, 2.05) is 41.8 Å². The maximum Gasteiger partial charge on any atom is 0.201 e. The Hall–Kier alpha value is -2.78. The molecule has 2 aromatic carbocycles. The van der Waals surface area contributed by atoms with Crippen LogP contribution in [0, 0.1) is 18.3 Å². The van der Waals surface area contributed by atoms with Crippen LogP contribution in [0.5, 0.6) is 0 Å². The molecule has 24 heavy (non-hydrogen) atoms. The van der Waals surface area contributed by atoms with Gasteiger partial charge in [0.25, 0.3) is 0 Å². The number of nitrogens with zero attached hydrogens (tertiary/aromatic N) is 3. The maximum absolute atomic E-state index is 9.36. The lowest BCUT2D eigenvalue weighted by molar-refractivity contribution is 0.578. The first-order valence-electron chi connectivity index (χ1n) is 7.40. The third-order valence-corrected chi connectivity index (χ3v) is 4.56. The standard InChI is InChI=1S/C18H13BrN4O/c1-10-6-14-16-15(7-12(8-20)17(14)24-10)22-18(21)23(16)9-11-2-4-13(19)5-3-11/h2-7H,9H2,1H3,(H2,21,22). The topological polar surface area (TPSA) is 80.8 Å². The van der Waals surface area contributed by atoms with Crippen molar-refractivity contribution in [3.8, 4) is 6.07 Å². The van der Waals surface area contributed by atoms with E-state index in [4.69, 9.17) is 10.2 Å². The lowest BCUT2D eigenvalue weighted by Crippen LogP contribution is -2.04. The van der Waals surface area contributed by atoms with Crippen LogP contribution in [0.1, 0.15) is 16.9 Å². The van der Waals surface area contributed by atoms with Gasteiger partial charge in [-0.3, -0.25) is 0 Å². The summed E-state index contributed by atoms with van der Waals surface area (Å²) in [5, 5.41) is 10.2. The van der Waals surface area contributed by atoms with Gasteiger partial charge in [0, 0.05) is 9.86 Å². The molecule has 0 radical (unpaired) electrons. The van der Waals surface area contributed by atoms with Crippen LogP contribution < -0.4 is 5.73 Å². The Kier molecular flexibility index (Phi) is 3.32. The number of benzene rings is 2. The molecule has 4 rings (SSSR count). The first-order chi connectivity index (χ1) is 11.6. The average Bonchev–Trinajstić information content (AvgIpc) is 3.08. The number of hydrogen-bond acceptors (Lipinski definition) is 4. The van der Waals surface area contributed by atoms with E-state index in [0.717, 1.165) is 26.7 Å². The second-order valence-corrected chi connectivity index (χ2v) is 6.60. The number of fused-ring (bicyclic) bond motifs is 3. The fraction of sp³-hybridized carbons (Fsp3) is 0.111. The highest BCUT2D eigenvalue weighted by atomic mass is 79.9. The van der Waals surface area contributed by atoms with Crippen molar-refractivity contribution in [3.05, 3.63) is 57.8 Å². The number of hydrogen-bond donors (Lipinski definition) is 1. The lowest BCUT2D eigenvalue weighted by atomic mass is 10.1. The Morgan fingerprint density at radius 3 is 2.75 bits per heavy atom. The Bertz CT molecular complexity index is 1120. The summed E-state index contributed by atoms with van der Waals surface area (Å²) in [6.45, 7) is 2.46. The van der Waals surface area contributed by atoms with Crippen molar-refractivity contribution in [2.75, 3.05) is 5.73 Å². The largest absolute Gasteiger partial charge is 0.460 e. The Balaban J connectivity index is 1.99. The second-order valence-electron chi connectivity index (χ2n) is 5.69. The van der Waals surface area contributed by atoms with Crippen molar-refractivity contribution in [1.29, 1.82) is 5.26 Å². The van der Waals surface area contributed by atoms with E-state index < -0.39 is 0 Å². The lowest BCUT2D eigenvalue weighted by Gasteiger charge is -2.07. The molecule has 0 unspecified atom stereocenters. The third-order valence-electron chi connectivity index (χ3n) is 4.03. The molecule has 0 bridgehead atoms. The molecule has 4 aromatic rings. The zero-order valence-electron chi connectivity index (χ0n) is 12.9. The summed E-state index contributed by atoms with van der Waals surface area (Å²) in [5.41, 5.74) is 9.91. The molecule has 2 heterocycles. The van der Waals surface area contributed by atoms with E-state index in [1.165, 1.54) is 0 Å². The van der Waals surface area contributed by atoms with Gasteiger partial charge in [0.2, 0.25) is 5.95 Å². The first kappa shape index (κ1) is 14.8. The van der Waals surface area contributed by atoms with Crippen molar-refractivity contribution in [2.24, 2.45) is 0 Å². The molecule has 0 saturated carbocycles. The molecule has 2 N–H and O–H groups in total. The van der Waals surface area contributed by atoms with Gasteiger partial charge in [-0.2, -0.15) is 5.26 Å². The van der Waals surface area contributed by atoms with Crippen LogP contribution in [0.25, 0.3) is 22.0 Å². The fourth-order valence-electron chi connectivity index (χ4n) is 2.98.